The quantitative estimate of drug-likeness (QED) is 0.571. The van der Waals surface area contributed by atoms with Gasteiger partial charge in [-0.2, -0.15) is 0 Å². The summed E-state index contributed by atoms with van der Waals surface area (Å²) in [6.07, 6.45) is 2.63. The number of nitrogens with two attached hydrogens (primary N) is 2. The lowest BCUT2D eigenvalue weighted by Gasteiger charge is -2.30. The van der Waals surface area contributed by atoms with Gasteiger partial charge in [0.15, 0.2) is 0 Å². The van der Waals surface area contributed by atoms with Gasteiger partial charge in [0.2, 0.25) is 5.91 Å². The lowest BCUT2D eigenvalue weighted by molar-refractivity contribution is 0.1000. The first kappa shape index (κ1) is 19.8. The first-order valence-electron chi connectivity index (χ1n) is 10.2. The molecule has 7 nitrogen and oxygen atoms in total. The molecule has 1 heterocycles. The lowest BCUT2D eigenvalue weighted by atomic mass is 9.92. The molecule has 2 amide bonds. The smallest absolute Gasteiger partial charge is 0.411 e. The molecule has 1 saturated carbocycles. The predicted molar refractivity (Wildman–Crippen MR) is 118 cm³/mol. The Kier molecular flexibility index (Phi) is 5.11. The number of amides is 2. The van der Waals surface area contributed by atoms with Crippen molar-refractivity contribution in [2.75, 3.05) is 11.1 Å². The van der Waals surface area contributed by atoms with Crippen LogP contribution in [0.5, 0.6) is 0 Å². The number of primary amides is 1. The predicted octanol–water partition coefficient (Wildman–Crippen LogP) is 4.67. The number of benzene rings is 2. The lowest BCUT2D eigenvalue weighted by Crippen LogP contribution is -2.18. The van der Waals surface area contributed by atoms with Crippen LogP contribution in [0.4, 0.5) is 16.2 Å². The van der Waals surface area contributed by atoms with Gasteiger partial charge >= 0.3 is 6.09 Å². The average molecular weight is 406 g/mol. The van der Waals surface area contributed by atoms with E-state index in [0.29, 0.717) is 23.0 Å². The second kappa shape index (κ2) is 7.74. The van der Waals surface area contributed by atoms with E-state index in [1.165, 1.54) is 6.42 Å². The molecule has 1 fully saturated rings. The Morgan fingerprint density at radius 2 is 1.83 bits per heavy atom. The van der Waals surface area contributed by atoms with Crippen LogP contribution in [-0.4, -0.2) is 22.7 Å². The Morgan fingerprint density at radius 3 is 2.40 bits per heavy atom. The molecular weight excluding hydrogens is 380 g/mol. The minimum absolute atomic E-state index is 0.187. The van der Waals surface area contributed by atoms with Crippen molar-refractivity contribution >= 4 is 34.3 Å². The number of hydrogen-bond acceptors (Lipinski definition) is 4. The van der Waals surface area contributed by atoms with Gasteiger partial charge in [-0.25, -0.2) is 4.79 Å². The van der Waals surface area contributed by atoms with Crippen molar-refractivity contribution < 1.29 is 14.3 Å². The number of hydrogen-bond donors (Lipinski definition) is 3. The monoisotopic (exact) mass is 406 g/mol. The summed E-state index contributed by atoms with van der Waals surface area (Å²) in [6.45, 7) is 3.60. The zero-order chi connectivity index (χ0) is 21.4. The summed E-state index contributed by atoms with van der Waals surface area (Å²) < 4.78 is 7.35. The van der Waals surface area contributed by atoms with E-state index in [2.05, 4.69) is 9.88 Å². The molecule has 1 aliphatic rings. The first-order valence-corrected chi connectivity index (χ1v) is 10.2. The number of carbonyl (C=O) groups is 2. The summed E-state index contributed by atoms with van der Waals surface area (Å²) in [5, 5.41) is 3.63. The van der Waals surface area contributed by atoms with Gasteiger partial charge < -0.3 is 20.8 Å². The third-order valence-corrected chi connectivity index (χ3v) is 5.52. The van der Waals surface area contributed by atoms with E-state index in [1.807, 2.05) is 36.4 Å². The van der Waals surface area contributed by atoms with Crippen LogP contribution < -0.4 is 16.8 Å². The molecule has 0 radical (unpaired) electrons. The van der Waals surface area contributed by atoms with E-state index >= 15 is 0 Å². The number of fused-ring (bicyclic) bond motifs is 1. The van der Waals surface area contributed by atoms with E-state index in [9.17, 15) is 9.59 Å². The maximum absolute atomic E-state index is 11.8. The number of rotatable bonds is 5. The number of anilines is 2. The van der Waals surface area contributed by atoms with E-state index < -0.39 is 12.0 Å². The second-order valence-electron chi connectivity index (χ2n) is 7.97. The molecule has 1 aromatic heterocycles. The van der Waals surface area contributed by atoms with E-state index in [1.54, 1.807) is 19.9 Å². The molecule has 156 valence electrons. The molecule has 0 bridgehead atoms. The first-order chi connectivity index (χ1) is 14.3. The van der Waals surface area contributed by atoms with Crippen LogP contribution in [0.25, 0.3) is 22.2 Å². The van der Waals surface area contributed by atoms with Crippen LogP contribution in [0.2, 0.25) is 0 Å². The molecule has 0 saturated heterocycles. The van der Waals surface area contributed by atoms with Crippen molar-refractivity contribution in [1.82, 2.24) is 4.57 Å². The van der Waals surface area contributed by atoms with Gasteiger partial charge in [-0.1, -0.05) is 12.1 Å². The van der Waals surface area contributed by atoms with Gasteiger partial charge in [-0.3, -0.25) is 10.1 Å². The summed E-state index contributed by atoms with van der Waals surface area (Å²) in [5.74, 6) is -0.456. The van der Waals surface area contributed by atoms with Crippen LogP contribution in [0.15, 0.2) is 42.5 Å². The summed E-state index contributed by atoms with van der Waals surface area (Å²) in [6, 6.07) is 13.3. The van der Waals surface area contributed by atoms with Gasteiger partial charge in [0.1, 0.15) is 0 Å². The van der Waals surface area contributed by atoms with Gasteiger partial charge in [-0.05, 0) is 63.4 Å². The third kappa shape index (κ3) is 3.58. The normalized spacial score (nSPS) is 14.0. The number of nitrogens with one attached hydrogen (secondary N) is 1. The van der Waals surface area contributed by atoms with Crippen LogP contribution >= 0.6 is 0 Å². The zero-order valence-corrected chi connectivity index (χ0v) is 17.1. The molecule has 3 aromatic rings. The van der Waals surface area contributed by atoms with Gasteiger partial charge in [0, 0.05) is 28.2 Å². The molecule has 0 spiro atoms. The van der Waals surface area contributed by atoms with Crippen molar-refractivity contribution in [2.45, 2.75) is 45.3 Å². The second-order valence-corrected chi connectivity index (χ2v) is 7.97. The molecule has 7 heteroatoms. The van der Waals surface area contributed by atoms with Gasteiger partial charge in [0.05, 0.1) is 23.0 Å². The number of carbonyl (C=O) groups excluding carboxylic acids is 2. The standard InChI is InChI=1S/C23H26N4O3/c1-13(2)30-23(29)26-16-9-6-14(7-10-16)21-20(24)18-11-8-15(22(25)28)12-19(18)27(21)17-4-3-5-17/h6-13,17H,3-5,24H2,1-2H3,(H2,25,28)(H,26,29). The fraction of sp³-hybridized carbons (Fsp3) is 0.304. The molecule has 5 N–H and O–H groups in total. The topological polar surface area (TPSA) is 112 Å². The van der Waals surface area contributed by atoms with Crippen LogP contribution in [-0.2, 0) is 4.74 Å². The fourth-order valence-electron chi connectivity index (χ4n) is 3.88. The third-order valence-electron chi connectivity index (χ3n) is 5.52. The summed E-state index contributed by atoms with van der Waals surface area (Å²) in [5.41, 5.74) is 16.6. The Labute approximate surface area is 175 Å². The Balaban J connectivity index is 1.75. The largest absolute Gasteiger partial charge is 0.447 e. The maximum atomic E-state index is 11.8. The number of nitrogen functional groups attached to an aromatic ring is 1. The summed E-state index contributed by atoms with van der Waals surface area (Å²) >= 11 is 0. The Hall–Kier alpha value is -3.48. The average Bonchev–Trinajstić information content (AvgIpc) is 2.92. The molecule has 30 heavy (non-hydrogen) atoms. The molecule has 0 aliphatic heterocycles. The van der Waals surface area contributed by atoms with Crippen LogP contribution in [0, 0.1) is 0 Å². The Morgan fingerprint density at radius 1 is 1.13 bits per heavy atom. The highest BCUT2D eigenvalue weighted by atomic mass is 16.6. The fourth-order valence-corrected chi connectivity index (χ4v) is 3.88. The Bertz CT molecular complexity index is 1110. The van der Waals surface area contributed by atoms with Crippen molar-refractivity contribution in [3.05, 3.63) is 48.0 Å². The zero-order valence-electron chi connectivity index (χ0n) is 17.1. The highest BCUT2D eigenvalue weighted by molar-refractivity contribution is 6.05. The number of ether oxygens (including phenoxy) is 1. The molecule has 4 rings (SSSR count). The number of nitrogens with zero attached hydrogens (tertiary/aromatic N) is 1. The minimum Gasteiger partial charge on any atom is -0.447 e. The van der Waals surface area contributed by atoms with Gasteiger partial charge in [0.25, 0.3) is 0 Å². The summed E-state index contributed by atoms with van der Waals surface area (Å²) in [7, 11) is 0. The van der Waals surface area contributed by atoms with Crippen LogP contribution in [0.1, 0.15) is 49.5 Å². The van der Waals surface area contributed by atoms with Crippen LogP contribution in [0.3, 0.4) is 0 Å². The molecular formula is C23H26N4O3. The van der Waals surface area contributed by atoms with Crippen molar-refractivity contribution in [3.63, 3.8) is 0 Å². The highest BCUT2D eigenvalue weighted by Gasteiger charge is 2.27. The molecule has 1 aliphatic carbocycles. The highest BCUT2D eigenvalue weighted by Crippen LogP contribution is 2.44. The SMILES string of the molecule is CC(C)OC(=O)Nc1ccc(-c2c(N)c3ccc(C(N)=O)cc3n2C2CCC2)cc1. The van der Waals surface area contributed by atoms with Gasteiger partial charge in [-0.15, -0.1) is 0 Å². The van der Waals surface area contributed by atoms with E-state index in [4.69, 9.17) is 16.2 Å². The molecule has 0 atom stereocenters. The minimum atomic E-state index is -0.486. The maximum Gasteiger partial charge on any atom is 0.411 e. The van der Waals surface area contributed by atoms with Crippen molar-refractivity contribution in [2.24, 2.45) is 5.73 Å². The number of aromatic nitrogens is 1. The van der Waals surface area contributed by atoms with E-state index in [0.717, 1.165) is 35.0 Å². The summed E-state index contributed by atoms with van der Waals surface area (Å²) in [4.78, 5) is 23.5. The molecule has 0 unspecified atom stereocenters. The van der Waals surface area contributed by atoms with Crippen molar-refractivity contribution in [3.8, 4) is 11.3 Å². The van der Waals surface area contributed by atoms with E-state index in [-0.39, 0.29) is 6.10 Å². The molecule has 2 aromatic carbocycles. The van der Waals surface area contributed by atoms with Crippen molar-refractivity contribution in [1.29, 1.82) is 0 Å².